The summed E-state index contributed by atoms with van der Waals surface area (Å²) in [5.41, 5.74) is 1.94. The van der Waals surface area contributed by atoms with Crippen molar-refractivity contribution in [2.75, 3.05) is 11.9 Å². The van der Waals surface area contributed by atoms with Crippen molar-refractivity contribution in [1.29, 1.82) is 0 Å². The quantitative estimate of drug-likeness (QED) is 0.813. The van der Waals surface area contributed by atoms with E-state index in [1.165, 1.54) is 0 Å². The summed E-state index contributed by atoms with van der Waals surface area (Å²) in [6, 6.07) is 13.0. The maximum atomic E-state index is 9.42. The van der Waals surface area contributed by atoms with E-state index < -0.39 is 0 Å². The van der Waals surface area contributed by atoms with Crippen LogP contribution in [0.2, 0.25) is 5.02 Å². The van der Waals surface area contributed by atoms with E-state index in [1.807, 2.05) is 30.3 Å². The fourth-order valence-corrected chi connectivity index (χ4v) is 2.06. The molecule has 0 aliphatic rings. The molecule has 2 aromatic carbocycles. The number of rotatable bonds is 6. The van der Waals surface area contributed by atoms with Crippen molar-refractivity contribution in [2.45, 2.75) is 20.4 Å². The number of para-hydroxylation sites is 2. The molecule has 0 spiro atoms. The van der Waals surface area contributed by atoms with Crippen LogP contribution in [0.1, 0.15) is 19.4 Å². The van der Waals surface area contributed by atoms with Crippen LogP contribution < -0.4 is 10.1 Å². The van der Waals surface area contributed by atoms with Gasteiger partial charge >= 0.3 is 0 Å². The molecule has 0 aromatic heterocycles. The molecule has 112 valence electrons. The molecular weight excluding hydrogens is 286 g/mol. The normalized spacial score (nSPS) is 10.7. The second-order valence-electron chi connectivity index (χ2n) is 5.34. The summed E-state index contributed by atoms with van der Waals surface area (Å²) in [7, 11) is 0. The van der Waals surface area contributed by atoms with Crippen molar-refractivity contribution < 1.29 is 9.84 Å². The first-order valence-corrected chi connectivity index (χ1v) is 7.37. The average molecular weight is 306 g/mol. The van der Waals surface area contributed by atoms with Gasteiger partial charge in [0.25, 0.3) is 0 Å². The predicted octanol–water partition coefficient (Wildman–Crippen LogP) is 4.69. The summed E-state index contributed by atoms with van der Waals surface area (Å²) in [5.74, 6) is 1.42. The Kier molecular flexibility index (Phi) is 5.34. The first-order valence-electron chi connectivity index (χ1n) is 6.99. The third kappa shape index (κ3) is 4.57. The van der Waals surface area contributed by atoms with E-state index in [2.05, 4.69) is 19.2 Å². The second kappa shape index (κ2) is 7.23. The molecule has 0 heterocycles. The molecular formula is C17H20ClNO2. The highest BCUT2D eigenvalue weighted by atomic mass is 35.5. The van der Waals surface area contributed by atoms with Gasteiger partial charge < -0.3 is 15.2 Å². The standard InChI is InChI=1S/C17H20ClNO2/c1-12(2)11-21-17-6-4-3-5-15(17)19-10-13-7-8-16(20)14(18)9-13/h3-9,12,19-20H,10-11H2,1-2H3. The maximum Gasteiger partial charge on any atom is 0.142 e. The van der Waals surface area contributed by atoms with Crippen LogP contribution in [0.4, 0.5) is 5.69 Å². The Labute approximate surface area is 130 Å². The van der Waals surface area contributed by atoms with Gasteiger partial charge in [-0.3, -0.25) is 0 Å². The molecule has 21 heavy (non-hydrogen) atoms. The number of phenols is 1. The highest BCUT2D eigenvalue weighted by molar-refractivity contribution is 6.32. The molecule has 4 heteroatoms. The number of benzene rings is 2. The van der Waals surface area contributed by atoms with Crippen LogP contribution in [0.5, 0.6) is 11.5 Å². The molecule has 3 nitrogen and oxygen atoms in total. The monoisotopic (exact) mass is 305 g/mol. The number of ether oxygens (including phenoxy) is 1. The molecule has 0 atom stereocenters. The molecule has 0 saturated carbocycles. The minimum Gasteiger partial charge on any atom is -0.506 e. The molecule has 2 rings (SSSR count). The van der Waals surface area contributed by atoms with Crippen LogP contribution in [-0.4, -0.2) is 11.7 Å². The van der Waals surface area contributed by atoms with Crippen molar-refractivity contribution in [2.24, 2.45) is 5.92 Å². The van der Waals surface area contributed by atoms with Gasteiger partial charge in [0.1, 0.15) is 11.5 Å². The van der Waals surface area contributed by atoms with E-state index in [0.717, 1.165) is 17.0 Å². The number of halogens is 1. The molecule has 0 bridgehead atoms. The lowest BCUT2D eigenvalue weighted by atomic mass is 10.2. The van der Waals surface area contributed by atoms with E-state index in [0.29, 0.717) is 24.1 Å². The van der Waals surface area contributed by atoms with Crippen LogP contribution in [0, 0.1) is 5.92 Å². The number of hydrogen-bond acceptors (Lipinski definition) is 3. The van der Waals surface area contributed by atoms with Crippen molar-refractivity contribution in [3.63, 3.8) is 0 Å². The van der Waals surface area contributed by atoms with Crippen molar-refractivity contribution >= 4 is 17.3 Å². The van der Waals surface area contributed by atoms with Crippen LogP contribution in [0.15, 0.2) is 42.5 Å². The van der Waals surface area contributed by atoms with Gasteiger partial charge in [0.05, 0.1) is 17.3 Å². The lowest BCUT2D eigenvalue weighted by molar-refractivity contribution is 0.272. The highest BCUT2D eigenvalue weighted by Gasteiger charge is 2.05. The lowest BCUT2D eigenvalue weighted by Gasteiger charge is -2.14. The smallest absolute Gasteiger partial charge is 0.142 e. The summed E-state index contributed by atoms with van der Waals surface area (Å²) < 4.78 is 5.80. The van der Waals surface area contributed by atoms with E-state index in [4.69, 9.17) is 16.3 Å². The summed E-state index contributed by atoms with van der Waals surface area (Å²) in [6.07, 6.45) is 0. The molecule has 0 amide bonds. The number of nitrogens with one attached hydrogen (secondary N) is 1. The first-order chi connectivity index (χ1) is 10.1. The number of phenolic OH excluding ortho intramolecular Hbond substituents is 1. The molecule has 0 radical (unpaired) electrons. The van der Waals surface area contributed by atoms with Gasteiger partial charge in [-0.05, 0) is 35.7 Å². The zero-order chi connectivity index (χ0) is 15.2. The molecule has 2 aromatic rings. The maximum absolute atomic E-state index is 9.42. The Morgan fingerprint density at radius 2 is 1.95 bits per heavy atom. The molecule has 2 N–H and O–H groups in total. The van der Waals surface area contributed by atoms with Crippen LogP contribution in [-0.2, 0) is 6.54 Å². The van der Waals surface area contributed by atoms with E-state index in [9.17, 15) is 5.11 Å². The Morgan fingerprint density at radius 3 is 2.67 bits per heavy atom. The van der Waals surface area contributed by atoms with E-state index in [1.54, 1.807) is 12.1 Å². The van der Waals surface area contributed by atoms with Crippen molar-refractivity contribution in [3.05, 3.63) is 53.1 Å². The van der Waals surface area contributed by atoms with Gasteiger partial charge in [0.2, 0.25) is 0 Å². The fourth-order valence-electron chi connectivity index (χ4n) is 1.85. The van der Waals surface area contributed by atoms with Crippen molar-refractivity contribution in [1.82, 2.24) is 0 Å². The highest BCUT2D eigenvalue weighted by Crippen LogP contribution is 2.27. The molecule has 0 fully saturated rings. The summed E-state index contributed by atoms with van der Waals surface area (Å²) in [5, 5.41) is 13.1. The van der Waals surface area contributed by atoms with E-state index >= 15 is 0 Å². The zero-order valence-electron chi connectivity index (χ0n) is 12.3. The lowest BCUT2D eigenvalue weighted by Crippen LogP contribution is -2.07. The molecule has 0 aliphatic heterocycles. The third-order valence-corrected chi connectivity index (χ3v) is 3.26. The summed E-state index contributed by atoms with van der Waals surface area (Å²) in [6.45, 7) is 5.54. The minimum atomic E-state index is 0.0982. The van der Waals surface area contributed by atoms with E-state index in [-0.39, 0.29) is 5.75 Å². The zero-order valence-corrected chi connectivity index (χ0v) is 13.0. The Morgan fingerprint density at radius 1 is 1.19 bits per heavy atom. The average Bonchev–Trinajstić information content (AvgIpc) is 2.47. The largest absolute Gasteiger partial charge is 0.506 e. The molecule has 0 saturated heterocycles. The van der Waals surface area contributed by atoms with Gasteiger partial charge in [-0.2, -0.15) is 0 Å². The second-order valence-corrected chi connectivity index (χ2v) is 5.75. The SMILES string of the molecule is CC(C)COc1ccccc1NCc1ccc(O)c(Cl)c1. The minimum absolute atomic E-state index is 0.0982. The summed E-state index contributed by atoms with van der Waals surface area (Å²) in [4.78, 5) is 0. The fraction of sp³-hybridized carbons (Fsp3) is 0.294. The Hall–Kier alpha value is -1.87. The number of hydrogen-bond donors (Lipinski definition) is 2. The van der Waals surface area contributed by atoms with Gasteiger partial charge in [0, 0.05) is 6.54 Å². The van der Waals surface area contributed by atoms with Gasteiger partial charge in [0.15, 0.2) is 0 Å². The Balaban J connectivity index is 2.03. The Bertz CT molecular complexity index is 599. The molecule has 0 unspecified atom stereocenters. The number of aromatic hydroxyl groups is 1. The van der Waals surface area contributed by atoms with Crippen LogP contribution in [0.25, 0.3) is 0 Å². The van der Waals surface area contributed by atoms with Gasteiger partial charge in [-0.1, -0.05) is 43.6 Å². The number of anilines is 1. The molecule has 0 aliphatic carbocycles. The third-order valence-electron chi connectivity index (χ3n) is 2.95. The summed E-state index contributed by atoms with van der Waals surface area (Å²) >= 11 is 5.91. The van der Waals surface area contributed by atoms with Gasteiger partial charge in [-0.25, -0.2) is 0 Å². The predicted molar refractivity (Wildman–Crippen MR) is 87.2 cm³/mol. The van der Waals surface area contributed by atoms with Crippen molar-refractivity contribution in [3.8, 4) is 11.5 Å². The van der Waals surface area contributed by atoms with Crippen LogP contribution >= 0.6 is 11.6 Å². The topological polar surface area (TPSA) is 41.5 Å². The first kappa shape index (κ1) is 15.5. The van der Waals surface area contributed by atoms with Gasteiger partial charge in [-0.15, -0.1) is 0 Å². The van der Waals surface area contributed by atoms with Crippen LogP contribution in [0.3, 0.4) is 0 Å².